The fourth-order valence-corrected chi connectivity index (χ4v) is 4.34. The summed E-state index contributed by atoms with van der Waals surface area (Å²) in [6, 6.07) is 14.1. The van der Waals surface area contributed by atoms with E-state index >= 15 is 0 Å². The number of benzene rings is 1. The van der Waals surface area contributed by atoms with Gasteiger partial charge in [0, 0.05) is 35.5 Å². The number of aromatic nitrogens is 1. The number of piperidine rings is 1. The molecule has 1 unspecified atom stereocenters. The molecule has 1 aromatic carbocycles. The molecule has 0 spiro atoms. The molecular weight excluding hydrogens is 394 g/mol. The summed E-state index contributed by atoms with van der Waals surface area (Å²) in [6.07, 6.45) is 3.33. The quantitative estimate of drug-likeness (QED) is 0.670. The zero-order valence-corrected chi connectivity index (χ0v) is 18.6. The van der Waals surface area contributed by atoms with Gasteiger partial charge in [-0.2, -0.15) is 5.26 Å². The number of anilines is 1. The monoisotopic (exact) mass is 423 g/mol. The van der Waals surface area contributed by atoms with Crippen molar-refractivity contribution in [2.75, 3.05) is 18.0 Å². The van der Waals surface area contributed by atoms with E-state index in [0.29, 0.717) is 10.8 Å². The van der Waals surface area contributed by atoms with Crippen molar-refractivity contribution in [3.63, 3.8) is 0 Å². The molecule has 1 atom stereocenters. The molecule has 6 nitrogen and oxygen atoms in total. The molecule has 0 saturated carbocycles. The summed E-state index contributed by atoms with van der Waals surface area (Å²) in [5, 5.41) is 15.6. The van der Waals surface area contributed by atoms with Crippen LogP contribution in [0.15, 0.2) is 47.5 Å². The van der Waals surface area contributed by atoms with Crippen LogP contribution in [0.5, 0.6) is 0 Å². The maximum Gasteiger partial charge on any atom is 0.315 e. The largest absolute Gasteiger partial charge is 0.356 e. The summed E-state index contributed by atoms with van der Waals surface area (Å²) >= 11 is 1.83. The van der Waals surface area contributed by atoms with Crippen LogP contribution in [0.2, 0.25) is 0 Å². The van der Waals surface area contributed by atoms with E-state index in [4.69, 9.17) is 5.26 Å². The molecule has 7 heteroatoms. The van der Waals surface area contributed by atoms with Crippen molar-refractivity contribution in [2.45, 2.75) is 55.8 Å². The van der Waals surface area contributed by atoms with Crippen LogP contribution < -0.4 is 15.5 Å². The summed E-state index contributed by atoms with van der Waals surface area (Å²) < 4.78 is 0. The SMILES string of the molecule is CC(C)Sc1ccc(C(C)NC(=O)NC2CCN(c3ccc(C#N)cn3)CC2)cc1. The molecule has 2 aromatic rings. The van der Waals surface area contributed by atoms with Gasteiger partial charge in [-0.3, -0.25) is 0 Å². The van der Waals surface area contributed by atoms with Gasteiger partial charge in [-0.25, -0.2) is 9.78 Å². The molecule has 1 fully saturated rings. The van der Waals surface area contributed by atoms with Crippen LogP contribution in [-0.4, -0.2) is 35.4 Å². The number of nitrogens with zero attached hydrogens (tertiary/aromatic N) is 3. The van der Waals surface area contributed by atoms with Gasteiger partial charge in [-0.1, -0.05) is 26.0 Å². The highest BCUT2D eigenvalue weighted by Gasteiger charge is 2.22. The van der Waals surface area contributed by atoms with Crippen molar-refractivity contribution in [3.8, 4) is 6.07 Å². The van der Waals surface area contributed by atoms with Crippen LogP contribution in [0.4, 0.5) is 10.6 Å². The minimum atomic E-state index is -0.127. The smallest absolute Gasteiger partial charge is 0.315 e. The summed E-state index contributed by atoms with van der Waals surface area (Å²) in [6.45, 7) is 8.02. The fraction of sp³-hybridized carbons (Fsp3) is 0.435. The van der Waals surface area contributed by atoms with Gasteiger partial charge in [0.15, 0.2) is 0 Å². The first-order chi connectivity index (χ1) is 14.4. The minimum absolute atomic E-state index is 0.0500. The molecule has 30 heavy (non-hydrogen) atoms. The number of amides is 2. The van der Waals surface area contributed by atoms with Crippen LogP contribution in [0.25, 0.3) is 0 Å². The first-order valence-electron chi connectivity index (χ1n) is 10.4. The third kappa shape index (κ3) is 6.14. The lowest BCUT2D eigenvalue weighted by Crippen LogP contribution is -2.48. The van der Waals surface area contributed by atoms with Crippen molar-refractivity contribution in [2.24, 2.45) is 0 Å². The molecule has 2 heterocycles. The summed E-state index contributed by atoms with van der Waals surface area (Å²) in [5.74, 6) is 0.879. The Labute approximate surface area is 183 Å². The Balaban J connectivity index is 1.44. The first kappa shape index (κ1) is 22.0. The number of nitrogens with one attached hydrogen (secondary N) is 2. The van der Waals surface area contributed by atoms with Gasteiger partial charge < -0.3 is 15.5 Å². The number of hydrogen-bond donors (Lipinski definition) is 2. The van der Waals surface area contributed by atoms with Gasteiger partial charge in [0.25, 0.3) is 0 Å². The molecule has 0 bridgehead atoms. The number of thioether (sulfide) groups is 1. The van der Waals surface area contributed by atoms with Crippen LogP contribution in [-0.2, 0) is 0 Å². The van der Waals surface area contributed by atoms with Crippen LogP contribution in [0.1, 0.15) is 50.8 Å². The highest BCUT2D eigenvalue weighted by atomic mass is 32.2. The molecule has 1 aromatic heterocycles. The Morgan fingerprint density at radius 3 is 2.43 bits per heavy atom. The van der Waals surface area contributed by atoms with Gasteiger partial charge in [-0.15, -0.1) is 11.8 Å². The van der Waals surface area contributed by atoms with Crippen molar-refractivity contribution in [3.05, 3.63) is 53.7 Å². The Morgan fingerprint density at radius 2 is 1.87 bits per heavy atom. The second kappa shape index (κ2) is 10.4. The minimum Gasteiger partial charge on any atom is -0.356 e. The molecule has 1 aliphatic rings. The molecule has 2 N–H and O–H groups in total. The van der Waals surface area contributed by atoms with Gasteiger partial charge in [0.2, 0.25) is 0 Å². The van der Waals surface area contributed by atoms with E-state index in [2.05, 4.69) is 64.7 Å². The summed E-state index contributed by atoms with van der Waals surface area (Å²) in [4.78, 5) is 20.2. The molecular formula is C23H29N5OS. The van der Waals surface area contributed by atoms with E-state index in [1.807, 2.05) is 24.8 Å². The predicted octanol–water partition coefficient (Wildman–Crippen LogP) is 4.48. The number of urea groups is 1. The fourth-order valence-electron chi connectivity index (χ4n) is 3.51. The maximum atomic E-state index is 12.4. The summed E-state index contributed by atoms with van der Waals surface area (Å²) in [5.41, 5.74) is 1.66. The average molecular weight is 424 g/mol. The molecule has 0 aliphatic carbocycles. The zero-order chi connectivity index (χ0) is 21.5. The van der Waals surface area contributed by atoms with E-state index in [1.165, 1.54) is 4.90 Å². The predicted molar refractivity (Wildman–Crippen MR) is 122 cm³/mol. The van der Waals surface area contributed by atoms with Gasteiger partial charge >= 0.3 is 6.03 Å². The molecule has 2 amide bonds. The van der Waals surface area contributed by atoms with Crippen molar-refractivity contribution < 1.29 is 4.79 Å². The van der Waals surface area contributed by atoms with Gasteiger partial charge in [-0.05, 0) is 49.6 Å². The molecule has 0 radical (unpaired) electrons. The standard InChI is InChI=1S/C23H29N5OS/c1-16(2)30-21-7-5-19(6-8-21)17(3)26-23(29)27-20-10-12-28(13-11-20)22-9-4-18(14-24)15-25-22/h4-9,15-17,20H,10-13H2,1-3H3,(H2,26,27,29). The lowest BCUT2D eigenvalue weighted by Gasteiger charge is -2.33. The Morgan fingerprint density at radius 1 is 1.17 bits per heavy atom. The third-order valence-electron chi connectivity index (χ3n) is 5.13. The first-order valence-corrected chi connectivity index (χ1v) is 11.3. The van der Waals surface area contributed by atoms with E-state index < -0.39 is 0 Å². The highest BCUT2D eigenvalue weighted by Crippen LogP contribution is 2.24. The van der Waals surface area contributed by atoms with Crippen molar-refractivity contribution in [1.82, 2.24) is 15.6 Å². The van der Waals surface area contributed by atoms with Crippen molar-refractivity contribution in [1.29, 1.82) is 5.26 Å². The topological polar surface area (TPSA) is 81.0 Å². The molecule has 1 saturated heterocycles. The Hall–Kier alpha value is -2.72. The number of rotatable bonds is 6. The maximum absolute atomic E-state index is 12.4. The number of carbonyl (C=O) groups is 1. The zero-order valence-electron chi connectivity index (χ0n) is 17.8. The second-order valence-corrected chi connectivity index (χ2v) is 9.50. The lowest BCUT2D eigenvalue weighted by atomic mass is 10.1. The number of pyridine rings is 1. The highest BCUT2D eigenvalue weighted by molar-refractivity contribution is 7.99. The summed E-state index contributed by atoms with van der Waals surface area (Å²) in [7, 11) is 0. The van der Waals surface area contributed by atoms with E-state index in [-0.39, 0.29) is 18.1 Å². The van der Waals surface area contributed by atoms with Gasteiger partial charge in [0.05, 0.1) is 11.6 Å². The average Bonchev–Trinajstić information content (AvgIpc) is 2.74. The second-order valence-electron chi connectivity index (χ2n) is 7.85. The van der Waals surface area contributed by atoms with E-state index in [9.17, 15) is 4.79 Å². The molecule has 3 rings (SSSR count). The third-order valence-corrected chi connectivity index (χ3v) is 6.15. The molecule has 1 aliphatic heterocycles. The van der Waals surface area contributed by atoms with Crippen molar-refractivity contribution >= 4 is 23.6 Å². The van der Waals surface area contributed by atoms with E-state index in [0.717, 1.165) is 37.3 Å². The Bertz CT molecular complexity index is 868. The number of nitriles is 1. The van der Waals surface area contributed by atoms with Crippen LogP contribution >= 0.6 is 11.8 Å². The number of carbonyl (C=O) groups excluding carboxylic acids is 1. The normalized spacial score (nSPS) is 15.5. The Kier molecular flexibility index (Phi) is 7.58. The van der Waals surface area contributed by atoms with Crippen LogP contribution in [0.3, 0.4) is 0 Å². The molecule has 158 valence electrons. The van der Waals surface area contributed by atoms with Crippen LogP contribution in [0, 0.1) is 11.3 Å². The lowest BCUT2D eigenvalue weighted by molar-refractivity contribution is 0.231. The van der Waals surface area contributed by atoms with Gasteiger partial charge in [0.1, 0.15) is 11.9 Å². The van der Waals surface area contributed by atoms with E-state index in [1.54, 1.807) is 12.3 Å². The number of hydrogen-bond acceptors (Lipinski definition) is 5.